The van der Waals surface area contributed by atoms with E-state index in [1.54, 1.807) is 7.05 Å². The molecule has 0 saturated carbocycles. The van der Waals surface area contributed by atoms with Crippen molar-refractivity contribution in [2.45, 2.75) is 50.7 Å². The first-order chi connectivity index (χ1) is 11.4. The fourth-order valence-corrected chi connectivity index (χ4v) is 3.38. The minimum Gasteiger partial charge on any atom is -0.355 e. The molecule has 0 spiro atoms. The van der Waals surface area contributed by atoms with E-state index in [4.69, 9.17) is 0 Å². The first-order valence-electron chi connectivity index (χ1n) is 8.15. The fourth-order valence-electron chi connectivity index (χ4n) is 2.39. The molecule has 0 aromatic rings. The highest BCUT2D eigenvalue weighted by Crippen LogP contribution is 2.28. The van der Waals surface area contributed by atoms with Gasteiger partial charge in [0.15, 0.2) is 5.96 Å². The summed E-state index contributed by atoms with van der Waals surface area (Å²) in [6.45, 7) is 7.21. The van der Waals surface area contributed by atoms with Crippen LogP contribution in [0.2, 0.25) is 0 Å². The SMILES string of the molecule is CN=C(NCCNC(C)(C)C)NC1CCN(S(=O)(=O)C(F)(F)F)CC1.I. The summed E-state index contributed by atoms with van der Waals surface area (Å²) in [5, 5.41) is 9.56. The van der Waals surface area contributed by atoms with E-state index in [1.807, 2.05) is 0 Å². The average Bonchev–Trinajstić information content (AvgIpc) is 2.48. The highest BCUT2D eigenvalue weighted by molar-refractivity contribution is 14.0. The summed E-state index contributed by atoms with van der Waals surface area (Å²) in [5.41, 5.74) is -5.24. The van der Waals surface area contributed by atoms with Crippen LogP contribution in [0.1, 0.15) is 33.6 Å². The molecule has 0 amide bonds. The summed E-state index contributed by atoms with van der Waals surface area (Å²) in [5.74, 6) is 0.549. The Balaban J connectivity index is 0.00000625. The molecule has 26 heavy (non-hydrogen) atoms. The molecule has 0 aromatic heterocycles. The maximum Gasteiger partial charge on any atom is 0.511 e. The van der Waals surface area contributed by atoms with Crippen LogP contribution >= 0.6 is 24.0 Å². The Kier molecular flexibility index (Phi) is 10.1. The normalized spacial score (nSPS) is 18.3. The van der Waals surface area contributed by atoms with Crippen molar-refractivity contribution in [3.63, 3.8) is 0 Å². The molecular formula is C14H29F3IN5O2S. The molecule has 1 rings (SSSR count). The Hall–Kier alpha value is -0.340. The third-order valence-corrected chi connectivity index (χ3v) is 5.35. The Labute approximate surface area is 170 Å². The zero-order valence-electron chi connectivity index (χ0n) is 15.5. The number of alkyl halides is 3. The lowest BCUT2D eigenvalue weighted by atomic mass is 10.1. The summed E-state index contributed by atoms with van der Waals surface area (Å²) in [6, 6.07) is -0.124. The largest absolute Gasteiger partial charge is 0.511 e. The van der Waals surface area contributed by atoms with Crippen LogP contribution in [0.25, 0.3) is 0 Å². The number of nitrogens with zero attached hydrogens (tertiary/aromatic N) is 2. The quantitative estimate of drug-likeness (QED) is 0.224. The molecule has 0 radical (unpaired) electrons. The predicted octanol–water partition coefficient (Wildman–Crippen LogP) is 1.47. The lowest BCUT2D eigenvalue weighted by Crippen LogP contribution is -2.52. The van der Waals surface area contributed by atoms with E-state index < -0.39 is 15.5 Å². The third kappa shape index (κ3) is 8.13. The van der Waals surface area contributed by atoms with Crippen molar-refractivity contribution in [2.75, 3.05) is 33.2 Å². The van der Waals surface area contributed by atoms with E-state index in [1.165, 1.54) is 0 Å². The zero-order valence-corrected chi connectivity index (χ0v) is 18.6. The molecular weight excluding hydrogens is 486 g/mol. The first-order valence-corrected chi connectivity index (χ1v) is 9.59. The van der Waals surface area contributed by atoms with Crippen LogP contribution in [0.4, 0.5) is 13.2 Å². The minimum absolute atomic E-state index is 0. The summed E-state index contributed by atoms with van der Waals surface area (Å²) in [4.78, 5) is 4.08. The number of aliphatic imine (C=N–C) groups is 1. The van der Waals surface area contributed by atoms with Gasteiger partial charge in [-0.2, -0.15) is 17.5 Å². The molecule has 1 fully saturated rings. The van der Waals surface area contributed by atoms with Crippen LogP contribution < -0.4 is 16.0 Å². The van der Waals surface area contributed by atoms with E-state index in [-0.39, 0.29) is 61.5 Å². The smallest absolute Gasteiger partial charge is 0.355 e. The fraction of sp³-hybridized carbons (Fsp3) is 0.929. The molecule has 0 unspecified atom stereocenters. The third-order valence-electron chi connectivity index (χ3n) is 3.72. The lowest BCUT2D eigenvalue weighted by molar-refractivity contribution is -0.0494. The number of nitrogens with one attached hydrogen (secondary N) is 3. The molecule has 0 atom stereocenters. The van der Waals surface area contributed by atoms with Crippen LogP contribution in [-0.2, 0) is 10.0 Å². The molecule has 0 bridgehead atoms. The van der Waals surface area contributed by atoms with Gasteiger partial charge in [-0.1, -0.05) is 0 Å². The number of sulfonamides is 1. The molecule has 156 valence electrons. The molecule has 1 aliphatic rings. The van der Waals surface area contributed by atoms with E-state index in [0.717, 1.165) is 6.54 Å². The molecule has 0 aliphatic carbocycles. The molecule has 1 aliphatic heterocycles. The van der Waals surface area contributed by atoms with Gasteiger partial charge < -0.3 is 16.0 Å². The highest BCUT2D eigenvalue weighted by atomic mass is 127. The molecule has 1 heterocycles. The van der Waals surface area contributed by atoms with Crippen LogP contribution in [0.15, 0.2) is 4.99 Å². The standard InChI is InChI=1S/C14H28F3N5O2S.HI/c1-13(2,3)20-8-7-19-12(18-4)21-11-5-9-22(10-6-11)25(23,24)14(15,16)17;/h11,20H,5-10H2,1-4H3,(H2,18,19,21);1H. The van der Waals surface area contributed by atoms with Crippen LogP contribution in [0.3, 0.4) is 0 Å². The topological polar surface area (TPSA) is 85.8 Å². The van der Waals surface area contributed by atoms with Gasteiger partial charge in [0.2, 0.25) is 0 Å². The number of piperidine rings is 1. The Morgan fingerprint density at radius 1 is 1.15 bits per heavy atom. The van der Waals surface area contributed by atoms with Crippen LogP contribution in [0, 0.1) is 0 Å². The van der Waals surface area contributed by atoms with Crippen LogP contribution in [0.5, 0.6) is 0 Å². The monoisotopic (exact) mass is 515 g/mol. The van der Waals surface area contributed by atoms with Crippen molar-refractivity contribution in [1.82, 2.24) is 20.3 Å². The zero-order chi connectivity index (χ0) is 19.3. The second kappa shape index (κ2) is 10.3. The van der Waals surface area contributed by atoms with Gasteiger partial charge in [-0.3, -0.25) is 4.99 Å². The van der Waals surface area contributed by atoms with Gasteiger partial charge in [0, 0.05) is 44.8 Å². The van der Waals surface area contributed by atoms with Gasteiger partial charge in [-0.05, 0) is 33.6 Å². The number of rotatable bonds is 5. The molecule has 0 aromatic carbocycles. The maximum atomic E-state index is 12.6. The Bertz CT molecular complexity index is 556. The first kappa shape index (κ1) is 25.7. The Morgan fingerprint density at radius 2 is 1.69 bits per heavy atom. The van der Waals surface area contributed by atoms with Crippen molar-refractivity contribution in [1.29, 1.82) is 0 Å². The van der Waals surface area contributed by atoms with Gasteiger partial charge in [0.1, 0.15) is 0 Å². The number of hydrogen-bond acceptors (Lipinski definition) is 4. The summed E-state index contributed by atoms with van der Waals surface area (Å²) < 4.78 is 60.9. The van der Waals surface area contributed by atoms with E-state index in [2.05, 4.69) is 41.7 Å². The number of halogens is 4. The summed E-state index contributed by atoms with van der Waals surface area (Å²) in [6.07, 6.45) is 0.576. The van der Waals surface area contributed by atoms with Gasteiger partial charge in [-0.25, -0.2) is 8.42 Å². The summed E-state index contributed by atoms with van der Waals surface area (Å²) in [7, 11) is -3.63. The van der Waals surface area contributed by atoms with Gasteiger partial charge in [0.05, 0.1) is 0 Å². The average molecular weight is 515 g/mol. The Morgan fingerprint density at radius 3 is 2.12 bits per heavy atom. The van der Waals surface area contributed by atoms with Crippen molar-refractivity contribution >= 4 is 40.0 Å². The van der Waals surface area contributed by atoms with Crippen LogP contribution in [-0.4, -0.2) is 69.0 Å². The van der Waals surface area contributed by atoms with E-state index in [0.29, 0.717) is 16.8 Å². The maximum absolute atomic E-state index is 12.6. The summed E-state index contributed by atoms with van der Waals surface area (Å²) >= 11 is 0. The molecule has 12 heteroatoms. The second-order valence-electron chi connectivity index (χ2n) is 6.94. The van der Waals surface area contributed by atoms with Gasteiger partial charge in [0.25, 0.3) is 0 Å². The minimum atomic E-state index is -5.25. The number of hydrogen-bond donors (Lipinski definition) is 3. The predicted molar refractivity (Wildman–Crippen MR) is 107 cm³/mol. The molecule has 1 saturated heterocycles. The van der Waals surface area contributed by atoms with E-state index >= 15 is 0 Å². The number of guanidine groups is 1. The van der Waals surface area contributed by atoms with Crippen molar-refractivity contribution in [3.8, 4) is 0 Å². The van der Waals surface area contributed by atoms with Crippen molar-refractivity contribution in [3.05, 3.63) is 0 Å². The highest BCUT2D eigenvalue weighted by Gasteiger charge is 2.50. The molecule has 7 nitrogen and oxygen atoms in total. The van der Waals surface area contributed by atoms with E-state index in [9.17, 15) is 21.6 Å². The lowest BCUT2D eigenvalue weighted by Gasteiger charge is -2.32. The second-order valence-corrected chi connectivity index (χ2v) is 8.87. The molecule has 3 N–H and O–H groups in total. The van der Waals surface area contributed by atoms with Crippen molar-refractivity contribution in [2.24, 2.45) is 4.99 Å². The van der Waals surface area contributed by atoms with Crippen molar-refractivity contribution < 1.29 is 21.6 Å². The van der Waals surface area contributed by atoms with Gasteiger partial charge >= 0.3 is 15.5 Å². The van der Waals surface area contributed by atoms with Gasteiger partial charge in [-0.15, -0.1) is 24.0 Å².